The molecule has 0 atom stereocenters. The average Bonchev–Trinajstić information content (AvgIpc) is 2.69. The van der Waals surface area contributed by atoms with Gasteiger partial charge in [-0.15, -0.1) is 0 Å². The van der Waals surface area contributed by atoms with E-state index < -0.39 is 17.3 Å². The van der Waals surface area contributed by atoms with Crippen molar-refractivity contribution < 1.29 is 19.7 Å². The Morgan fingerprint density at radius 2 is 1.72 bits per heavy atom. The molecule has 2 N–H and O–H groups in total. The Kier molecular flexibility index (Phi) is 5.88. The van der Waals surface area contributed by atoms with Gasteiger partial charge in [-0.05, 0) is 37.1 Å². The monoisotopic (exact) mass is 456 g/mol. The van der Waals surface area contributed by atoms with Crippen molar-refractivity contribution in [2.24, 2.45) is 0 Å². The lowest BCUT2D eigenvalue weighted by Gasteiger charge is -2.16. The Hall–Kier alpha value is -2.93. The van der Waals surface area contributed by atoms with Gasteiger partial charge in [-0.1, -0.05) is 41.9 Å². The van der Waals surface area contributed by atoms with E-state index in [1.807, 2.05) is 38.1 Å². The number of hydrogen-bond acceptors (Lipinski definition) is 6. The van der Waals surface area contributed by atoms with Gasteiger partial charge in [0.1, 0.15) is 11.5 Å². The number of phenols is 2. The van der Waals surface area contributed by atoms with Gasteiger partial charge in [0.05, 0.1) is 18.4 Å². The zero-order chi connectivity index (χ0) is 21.3. The molecule has 7 heteroatoms. The molecule has 1 heterocycles. The summed E-state index contributed by atoms with van der Waals surface area (Å²) in [6.45, 7) is 5.51. The summed E-state index contributed by atoms with van der Waals surface area (Å²) >= 11 is 3.40. The molecule has 2 aromatic carbocycles. The molecule has 0 aliphatic rings. The van der Waals surface area contributed by atoms with Gasteiger partial charge >= 0.3 is 0 Å². The number of halogens is 1. The van der Waals surface area contributed by atoms with Crippen molar-refractivity contribution in [2.45, 2.75) is 26.7 Å². The SMILES string of the molecule is COc1c(C(C)C)cc(C(=O)c2cc(-c3ccc(Br)cc3)nc(C)n2)c(O)c1O. The average molecular weight is 457 g/mol. The highest BCUT2D eigenvalue weighted by Gasteiger charge is 2.25. The molecule has 0 spiro atoms. The van der Waals surface area contributed by atoms with E-state index >= 15 is 0 Å². The number of rotatable bonds is 5. The second-order valence-corrected chi connectivity index (χ2v) is 7.84. The predicted molar refractivity (Wildman–Crippen MR) is 114 cm³/mol. The van der Waals surface area contributed by atoms with Crippen LogP contribution >= 0.6 is 15.9 Å². The number of hydrogen-bond donors (Lipinski definition) is 2. The molecule has 6 nitrogen and oxygen atoms in total. The number of carbonyl (C=O) groups is 1. The number of carbonyl (C=O) groups excluding carboxylic acids is 1. The lowest BCUT2D eigenvalue weighted by Crippen LogP contribution is -2.09. The predicted octanol–water partition coefficient (Wildman–Crippen LogP) is 4.99. The first kappa shape index (κ1) is 20.8. The fourth-order valence-corrected chi connectivity index (χ4v) is 3.33. The quantitative estimate of drug-likeness (QED) is 0.414. The van der Waals surface area contributed by atoms with Gasteiger partial charge in [0.2, 0.25) is 11.5 Å². The minimum Gasteiger partial charge on any atom is -0.504 e. The van der Waals surface area contributed by atoms with Crippen molar-refractivity contribution in [1.82, 2.24) is 9.97 Å². The standard InChI is InChI=1S/C22H21BrN2O4/c1-11(2)15-9-16(20(27)21(28)22(15)29-4)19(26)18-10-17(24-12(3)25-18)13-5-7-14(23)8-6-13/h5-11,27-28H,1-4H3. The third kappa shape index (κ3) is 4.10. The fraction of sp³-hybridized carbons (Fsp3) is 0.227. The summed E-state index contributed by atoms with van der Waals surface area (Å²) in [6.07, 6.45) is 0. The maximum Gasteiger partial charge on any atom is 0.215 e. The number of methoxy groups -OCH3 is 1. The molecule has 0 unspecified atom stereocenters. The van der Waals surface area contributed by atoms with E-state index in [0.717, 1.165) is 10.0 Å². The Labute approximate surface area is 177 Å². The Morgan fingerprint density at radius 3 is 2.31 bits per heavy atom. The molecule has 0 fully saturated rings. The molecule has 0 saturated heterocycles. The maximum atomic E-state index is 13.2. The summed E-state index contributed by atoms with van der Waals surface area (Å²) in [4.78, 5) is 21.8. The molecular formula is C22H21BrN2O4. The van der Waals surface area contributed by atoms with Crippen LogP contribution < -0.4 is 4.74 Å². The van der Waals surface area contributed by atoms with Crippen molar-refractivity contribution in [2.75, 3.05) is 7.11 Å². The van der Waals surface area contributed by atoms with Gasteiger partial charge in [0, 0.05) is 15.6 Å². The summed E-state index contributed by atoms with van der Waals surface area (Å²) in [5.74, 6) is -0.947. The van der Waals surface area contributed by atoms with Crippen LogP contribution in [0.1, 0.15) is 47.2 Å². The normalized spacial score (nSPS) is 11.0. The summed E-state index contributed by atoms with van der Waals surface area (Å²) in [5, 5.41) is 20.8. The first-order chi connectivity index (χ1) is 13.7. The van der Waals surface area contributed by atoms with Crippen molar-refractivity contribution >= 4 is 21.7 Å². The number of ketones is 1. The van der Waals surface area contributed by atoms with Gasteiger partial charge in [-0.25, -0.2) is 9.97 Å². The molecule has 0 radical (unpaired) electrons. The van der Waals surface area contributed by atoms with E-state index in [1.54, 1.807) is 13.0 Å². The molecule has 0 aliphatic carbocycles. The second kappa shape index (κ2) is 8.21. The van der Waals surface area contributed by atoms with E-state index in [4.69, 9.17) is 4.74 Å². The van der Waals surface area contributed by atoms with E-state index in [-0.39, 0.29) is 22.9 Å². The minimum absolute atomic E-state index is 0.0338. The lowest BCUT2D eigenvalue weighted by molar-refractivity contribution is 0.103. The topological polar surface area (TPSA) is 92.5 Å². The molecule has 29 heavy (non-hydrogen) atoms. The number of aromatic nitrogens is 2. The Balaban J connectivity index is 2.13. The van der Waals surface area contributed by atoms with Crippen LogP contribution in [-0.2, 0) is 0 Å². The van der Waals surface area contributed by atoms with Crippen molar-refractivity contribution in [3.63, 3.8) is 0 Å². The smallest absolute Gasteiger partial charge is 0.215 e. The Morgan fingerprint density at radius 1 is 1.07 bits per heavy atom. The van der Waals surface area contributed by atoms with Crippen molar-refractivity contribution in [3.05, 3.63) is 63.5 Å². The highest BCUT2D eigenvalue weighted by Crippen LogP contribution is 2.44. The number of aromatic hydroxyl groups is 2. The van der Waals surface area contributed by atoms with Gasteiger partial charge in [-0.3, -0.25) is 4.79 Å². The number of aryl methyl sites for hydroxylation is 1. The fourth-order valence-electron chi connectivity index (χ4n) is 3.07. The lowest BCUT2D eigenvalue weighted by atomic mass is 9.95. The molecule has 0 amide bonds. The molecular weight excluding hydrogens is 436 g/mol. The van der Waals surface area contributed by atoms with Crippen LogP contribution in [-0.4, -0.2) is 33.1 Å². The first-order valence-corrected chi connectivity index (χ1v) is 9.81. The van der Waals surface area contributed by atoms with Crippen LogP contribution in [0.4, 0.5) is 0 Å². The van der Waals surface area contributed by atoms with Crippen molar-refractivity contribution in [3.8, 4) is 28.5 Å². The van der Waals surface area contributed by atoms with E-state index in [9.17, 15) is 15.0 Å². The van der Waals surface area contributed by atoms with Crippen LogP contribution in [0, 0.1) is 6.92 Å². The minimum atomic E-state index is -0.530. The molecule has 3 rings (SSSR count). The third-order valence-electron chi connectivity index (χ3n) is 4.54. The van der Waals surface area contributed by atoms with Gasteiger partial charge in [0.25, 0.3) is 0 Å². The summed E-state index contributed by atoms with van der Waals surface area (Å²) in [5.41, 5.74) is 2.13. The summed E-state index contributed by atoms with van der Waals surface area (Å²) in [6, 6.07) is 10.7. The number of ether oxygens (including phenoxy) is 1. The number of nitrogens with zero attached hydrogens (tertiary/aromatic N) is 2. The molecule has 3 aromatic rings. The van der Waals surface area contributed by atoms with Crippen LogP contribution in [0.25, 0.3) is 11.3 Å². The Bertz CT molecular complexity index is 1080. The summed E-state index contributed by atoms with van der Waals surface area (Å²) < 4.78 is 6.15. The highest BCUT2D eigenvalue weighted by molar-refractivity contribution is 9.10. The van der Waals surface area contributed by atoms with Crippen molar-refractivity contribution in [1.29, 1.82) is 0 Å². The first-order valence-electron chi connectivity index (χ1n) is 9.02. The summed E-state index contributed by atoms with van der Waals surface area (Å²) in [7, 11) is 1.40. The van der Waals surface area contributed by atoms with Crippen LogP contribution in [0.2, 0.25) is 0 Å². The number of phenolic OH excluding ortho intramolecular Hbond substituents is 2. The third-order valence-corrected chi connectivity index (χ3v) is 5.07. The van der Waals surface area contributed by atoms with Crippen LogP contribution in [0.5, 0.6) is 17.2 Å². The molecule has 150 valence electrons. The second-order valence-electron chi connectivity index (χ2n) is 6.92. The van der Waals surface area contributed by atoms with E-state index in [0.29, 0.717) is 17.1 Å². The highest BCUT2D eigenvalue weighted by atomic mass is 79.9. The molecule has 0 aliphatic heterocycles. The largest absolute Gasteiger partial charge is 0.504 e. The molecule has 1 aromatic heterocycles. The van der Waals surface area contributed by atoms with E-state index in [2.05, 4.69) is 25.9 Å². The number of benzene rings is 2. The van der Waals surface area contributed by atoms with Gasteiger partial charge in [0.15, 0.2) is 11.5 Å². The van der Waals surface area contributed by atoms with E-state index in [1.165, 1.54) is 13.2 Å². The zero-order valence-electron chi connectivity index (χ0n) is 16.5. The van der Waals surface area contributed by atoms with Crippen LogP contribution in [0.15, 0.2) is 40.9 Å². The zero-order valence-corrected chi connectivity index (χ0v) is 18.1. The maximum absolute atomic E-state index is 13.2. The molecule has 0 bridgehead atoms. The van der Waals surface area contributed by atoms with Gasteiger partial charge in [-0.2, -0.15) is 0 Å². The van der Waals surface area contributed by atoms with Gasteiger partial charge < -0.3 is 14.9 Å². The van der Waals surface area contributed by atoms with Crippen LogP contribution in [0.3, 0.4) is 0 Å². The molecule has 0 saturated carbocycles.